The average molecular weight is 330 g/mol. The lowest BCUT2D eigenvalue weighted by molar-refractivity contribution is 0.244. The quantitative estimate of drug-likeness (QED) is 0.822. The van der Waals surface area contributed by atoms with E-state index in [9.17, 15) is 5.11 Å². The van der Waals surface area contributed by atoms with Gasteiger partial charge in [0.2, 0.25) is 0 Å². The molecule has 0 unspecified atom stereocenters. The Labute approximate surface area is 142 Å². The molecule has 1 fully saturated rings. The Morgan fingerprint density at radius 2 is 2.13 bits per heavy atom. The molecule has 1 saturated heterocycles. The summed E-state index contributed by atoms with van der Waals surface area (Å²) >= 11 is 5.55. The first-order valence-electron chi connectivity index (χ1n) is 7.84. The number of nitrogens with one attached hydrogen (secondary N) is 1. The Kier molecular flexibility index (Phi) is 4.63. The van der Waals surface area contributed by atoms with Crippen LogP contribution in [0.15, 0.2) is 36.5 Å². The summed E-state index contributed by atoms with van der Waals surface area (Å²) in [5.41, 5.74) is 3.38. The third-order valence-corrected chi connectivity index (χ3v) is 4.82. The average Bonchev–Trinajstić information content (AvgIpc) is 3.06. The largest absolute Gasteiger partial charge is 0.396 e. The highest BCUT2D eigenvalue weighted by Gasteiger charge is 2.40. The van der Waals surface area contributed by atoms with E-state index in [2.05, 4.69) is 45.9 Å². The lowest BCUT2D eigenvalue weighted by Gasteiger charge is -2.28. The first-order valence-corrected chi connectivity index (χ1v) is 8.25. The van der Waals surface area contributed by atoms with Gasteiger partial charge in [0.25, 0.3) is 0 Å². The number of pyridine rings is 1. The first kappa shape index (κ1) is 16.0. The van der Waals surface area contributed by atoms with Crippen molar-refractivity contribution in [1.82, 2.24) is 19.8 Å². The molecule has 0 aliphatic carbocycles. The molecule has 0 bridgehead atoms. The first-order chi connectivity index (χ1) is 11.1. The molecule has 6 heteroatoms. The van der Waals surface area contributed by atoms with Crippen LogP contribution in [0.3, 0.4) is 0 Å². The Morgan fingerprint density at radius 3 is 2.74 bits per heavy atom. The van der Waals surface area contributed by atoms with Crippen LogP contribution in [0.5, 0.6) is 0 Å². The number of hydrogen-bond acceptors (Lipinski definition) is 3. The van der Waals surface area contributed by atoms with Gasteiger partial charge in [0, 0.05) is 37.8 Å². The van der Waals surface area contributed by atoms with Crippen LogP contribution in [0.25, 0.3) is 0 Å². The maximum absolute atomic E-state index is 9.20. The van der Waals surface area contributed by atoms with Crippen LogP contribution < -0.4 is 5.32 Å². The van der Waals surface area contributed by atoms with Gasteiger partial charge in [-0.15, -0.1) is 0 Å². The Balaban J connectivity index is 2.01. The molecular formula is C17H22N4OS. The lowest BCUT2D eigenvalue weighted by Crippen LogP contribution is -2.31. The third kappa shape index (κ3) is 2.96. The minimum Gasteiger partial charge on any atom is -0.396 e. The number of thiocarbonyl (C=S) groups is 1. The Hall–Kier alpha value is -1.92. The summed E-state index contributed by atoms with van der Waals surface area (Å²) in [5.74, 6) is 0. The number of nitrogens with zero attached hydrogens (tertiary/aromatic N) is 3. The van der Waals surface area contributed by atoms with E-state index in [4.69, 9.17) is 12.2 Å². The lowest BCUT2D eigenvalue weighted by atomic mass is 10.0. The highest BCUT2D eigenvalue weighted by Crippen LogP contribution is 2.38. The van der Waals surface area contributed by atoms with Gasteiger partial charge in [0.15, 0.2) is 5.11 Å². The highest BCUT2D eigenvalue weighted by molar-refractivity contribution is 7.80. The van der Waals surface area contributed by atoms with E-state index in [1.54, 1.807) is 0 Å². The molecule has 0 amide bonds. The van der Waals surface area contributed by atoms with Gasteiger partial charge in [-0.25, -0.2) is 0 Å². The zero-order valence-corrected chi connectivity index (χ0v) is 14.3. The summed E-state index contributed by atoms with van der Waals surface area (Å²) in [6.07, 6.45) is 2.50. The van der Waals surface area contributed by atoms with Crippen molar-refractivity contribution in [2.75, 3.05) is 13.2 Å². The van der Waals surface area contributed by atoms with E-state index in [1.807, 2.05) is 24.4 Å². The summed E-state index contributed by atoms with van der Waals surface area (Å²) in [4.78, 5) is 6.68. The van der Waals surface area contributed by atoms with Crippen molar-refractivity contribution in [2.45, 2.75) is 25.4 Å². The molecule has 1 aliphatic heterocycles. The van der Waals surface area contributed by atoms with Crippen LogP contribution in [0.4, 0.5) is 0 Å². The Bertz CT molecular complexity index is 685. The standard InChI is InChI=1S/C17H22N4OS/c1-12-7-8-14(20(12)2)16-15(13-6-3-4-9-18-13)19-17(23)21(16)10-5-11-22/h3-4,6-9,15-16,22H,5,10-11H2,1-2H3,(H,19,23)/t15-,16-/m0/s1. The van der Waals surface area contributed by atoms with E-state index < -0.39 is 0 Å². The van der Waals surface area contributed by atoms with E-state index in [-0.39, 0.29) is 18.7 Å². The van der Waals surface area contributed by atoms with Crippen LogP contribution in [0.1, 0.15) is 35.6 Å². The summed E-state index contributed by atoms with van der Waals surface area (Å²) in [5, 5.41) is 13.3. The fraction of sp³-hybridized carbons (Fsp3) is 0.412. The van der Waals surface area contributed by atoms with E-state index >= 15 is 0 Å². The summed E-state index contributed by atoms with van der Waals surface area (Å²) in [6, 6.07) is 10.3. The monoisotopic (exact) mass is 330 g/mol. The fourth-order valence-electron chi connectivity index (χ4n) is 3.14. The van der Waals surface area contributed by atoms with Crippen LogP contribution in [-0.4, -0.2) is 37.8 Å². The zero-order chi connectivity index (χ0) is 16.4. The second kappa shape index (κ2) is 6.68. The van der Waals surface area contributed by atoms with Crippen molar-refractivity contribution >= 4 is 17.3 Å². The van der Waals surface area contributed by atoms with Crippen LogP contribution in [-0.2, 0) is 7.05 Å². The van der Waals surface area contributed by atoms with Crippen molar-refractivity contribution in [1.29, 1.82) is 0 Å². The predicted molar refractivity (Wildman–Crippen MR) is 94.0 cm³/mol. The molecule has 2 aromatic heterocycles. The molecule has 2 N–H and O–H groups in total. The number of hydrogen-bond donors (Lipinski definition) is 2. The topological polar surface area (TPSA) is 53.3 Å². The SMILES string of the molecule is Cc1ccc([C@H]2[C@H](c3ccccn3)NC(=S)N2CCCO)n1C. The summed E-state index contributed by atoms with van der Waals surface area (Å²) in [6.45, 7) is 2.98. The summed E-state index contributed by atoms with van der Waals surface area (Å²) < 4.78 is 2.20. The van der Waals surface area contributed by atoms with Gasteiger partial charge in [-0.2, -0.15) is 0 Å². The normalized spacial score (nSPS) is 20.8. The smallest absolute Gasteiger partial charge is 0.170 e. The van der Waals surface area contributed by atoms with Gasteiger partial charge in [-0.1, -0.05) is 6.07 Å². The molecular weight excluding hydrogens is 308 g/mol. The molecule has 23 heavy (non-hydrogen) atoms. The number of aromatic nitrogens is 2. The van der Waals surface area contributed by atoms with Crippen molar-refractivity contribution < 1.29 is 5.11 Å². The van der Waals surface area contributed by atoms with Crippen molar-refractivity contribution in [2.24, 2.45) is 7.05 Å². The van der Waals surface area contributed by atoms with Gasteiger partial charge in [0.1, 0.15) is 0 Å². The van der Waals surface area contributed by atoms with Crippen LogP contribution in [0, 0.1) is 6.92 Å². The minimum atomic E-state index is 0.00962. The molecule has 2 aromatic rings. The second-order valence-corrected chi connectivity index (χ2v) is 6.24. The van der Waals surface area contributed by atoms with Gasteiger partial charge < -0.3 is 19.9 Å². The van der Waals surface area contributed by atoms with Crippen molar-refractivity contribution in [3.05, 3.63) is 53.6 Å². The van der Waals surface area contributed by atoms with E-state index in [0.717, 1.165) is 17.4 Å². The molecule has 0 spiro atoms. The minimum absolute atomic E-state index is 0.00962. The number of aliphatic hydroxyl groups is 1. The van der Waals surface area contributed by atoms with Gasteiger partial charge in [-0.3, -0.25) is 4.98 Å². The van der Waals surface area contributed by atoms with Crippen LogP contribution >= 0.6 is 12.2 Å². The van der Waals surface area contributed by atoms with E-state index in [0.29, 0.717) is 6.42 Å². The molecule has 1 aliphatic rings. The molecule has 5 nitrogen and oxygen atoms in total. The zero-order valence-electron chi connectivity index (χ0n) is 13.4. The molecule has 2 atom stereocenters. The second-order valence-electron chi connectivity index (χ2n) is 5.86. The van der Waals surface area contributed by atoms with Crippen molar-refractivity contribution in [3.63, 3.8) is 0 Å². The Morgan fingerprint density at radius 1 is 1.30 bits per heavy atom. The van der Waals surface area contributed by atoms with Gasteiger partial charge in [-0.05, 0) is 49.8 Å². The summed E-state index contributed by atoms with van der Waals surface area (Å²) in [7, 11) is 2.08. The van der Waals surface area contributed by atoms with Gasteiger partial charge in [0.05, 0.1) is 17.8 Å². The number of rotatable bonds is 5. The van der Waals surface area contributed by atoms with E-state index in [1.165, 1.54) is 11.4 Å². The molecule has 122 valence electrons. The highest BCUT2D eigenvalue weighted by atomic mass is 32.1. The molecule has 3 rings (SSSR count). The van der Waals surface area contributed by atoms with Crippen molar-refractivity contribution in [3.8, 4) is 0 Å². The number of aliphatic hydroxyl groups excluding tert-OH is 1. The maximum Gasteiger partial charge on any atom is 0.170 e. The maximum atomic E-state index is 9.20. The third-order valence-electron chi connectivity index (χ3n) is 4.47. The number of aryl methyl sites for hydroxylation is 1. The van der Waals surface area contributed by atoms with Crippen LogP contribution in [0.2, 0.25) is 0 Å². The molecule has 3 heterocycles. The molecule has 0 saturated carbocycles. The molecule has 0 aromatic carbocycles. The molecule has 0 radical (unpaired) electrons. The fourth-order valence-corrected chi connectivity index (χ4v) is 3.47. The predicted octanol–water partition coefficient (Wildman–Crippen LogP) is 2.08. The van der Waals surface area contributed by atoms with Gasteiger partial charge >= 0.3 is 0 Å².